The highest BCUT2D eigenvalue weighted by molar-refractivity contribution is 6.18. The van der Waals surface area contributed by atoms with E-state index in [-0.39, 0.29) is 12.2 Å². The number of halogens is 1. The Hall–Kier alpha value is -2.96. The van der Waals surface area contributed by atoms with Gasteiger partial charge in [-0.05, 0) is 18.2 Å². The molecule has 1 aliphatic heterocycles. The van der Waals surface area contributed by atoms with Gasteiger partial charge >= 0.3 is 6.03 Å². The summed E-state index contributed by atoms with van der Waals surface area (Å²) in [6, 6.07) is 4.69. The van der Waals surface area contributed by atoms with Crippen LogP contribution in [0.1, 0.15) is 0 Å². The SMILES string of the molecule is C=CCN1C(=O)NC(=O)[C@H](C(=C)Nc2cccc(F)c2)C1=O. The molecule has 1 heterocycles. The molecule has 0 aromatic heterocycles. The second-order valence-electron chi connectivity index (χ2n) is 4.63. The van der Waals surface area contributed by atoms with Gasteiger partial charge in [-0.1, -0.05) is 18.7 Å². The highest BCUT2D eigenvalue weighted by Crippen LogP contribution is 2.20. The molecule has 0 bridgehead atoms. The summed E-state index contributed by atoms with van der Waals surface area (Å²) in [5, 5.41) is 4.79. The number of nitrogens with zero attached hydrogens (tertiary/aromatic N) is 1. The van der Waals surface area contributed by atoms with E-state index in [1.54, 1.807) is 6.07 Å². The smallest absolute Gasteiger partial charge is 0.331 e. The summed E-state index contributed by atoms with van der Waals surface area (Å²) >= 11 is 0. The van der Waals surface area contributed by atoms with Crippen LogP contribution >= 0.6 is 0 Å². The molecule has 0 radical (unpaired) electrons. The van der Waals surface area contributed by atoms with Crippen LogP contribution in [0, 0.1) is 11.7 Å². The molecule has 0 spiro atoms. The zero-order valence-corrected chi connectivity index (χ0v) is 11.6. The number of anilines is 1. The van der Waals surface area contributed by atoms with Crippen molar-refractivity contribution in [3.63, 3.8) is 0 Å². The summed E-state index contributed by atoms with van der Waals surface area (Å²) in [4.78, 5) is 36.6. The van der Waals surface area contributed by atoms with Crippen LogP contribution in [0.15, 0.2) is 49.2 Å². The van der Waals surface area contributed by atoms with E-state index in [4.69, 9.17) is 0 Å². The molecule has 7 heteroatoms. The van der Waals surface area contributed by atoms with Gasteiger partial charge in [0.1, 0.15) is 5.82 Å². The highest BCUT2D eigenvalue weighted by atomic mass is 19.1. The van der Waals surface area contributed by atoms with E-state index in [9.17, 15) is 18.8 Å². The van der Waals surface area contributed by atoms with Gasteiger partial charge in [-0.2, -0.15) is 0 Å². The van der Waals surface area contributed by atoms with Crippen LogP contribution in [0.2, 0.25) is 0 Å². The Bertz CT molecular complexity index is 672. The predicted molar refractivity (Wildman–Crippen MR) is 78.1 cm³/mol. The number of amides is 4. The van der Waals surface area contributed by atoms with E-state index in [1.165, 1.54) is 24.3 Å². The lowest BCUT2D eigenvalue weighted by Gasteiger charge is -2.30. The van der Waals surface area contributed by atoms with Gasteiger partial charge in [0.05, 0.1) is 0 Å². The van der Waals surface area contributed by atoms with E-state index in [2.05, 4.69) is 23.8 Å². The quantitative estimate of drug-likeness (QED) is 0.640. The summed E-state index contributed by atoms with van der Waals surface area (Å²) in [7, 11) is 0. The molecule has 1 aromatic carbocycles. The average molecular weight is 303 g/mol. The molecule has 4 amide bonds. The van der Waals surface area contributed by atoms with Crippen molar-refractivity contribution in [1.82, 2.24) is 10.2 Å². The maximum absolute atomic E-state index is 13.1. The van der Waals surface area contributed by atoms with Crippen molar-refractivity contribution in [2.45, 2.75) is 0 Å². The van der Waals surface area contributed by atoms with Crippen molar-refractivity contribution in [3.8, 4) is 0 Å². The number of nitrogens with one attached hydrogen (secondary N) is 2. The normalized spacial score (nSPS) is 18.0. The zero-order chi connectivity index (χ0) is 16.3. The van der Waals surface area contributed by atoms with Crippen molar-refractivity contribution in [2.75, 3.05) is 11.9 Å². The molecular weight excluding hydrogens is 289 g/mol. The molecule has 1 aliphatic rings. The molecule has 114 valence electrons. The van der Waals surface area contributed by atoms with Crippen LogP contribution in [0.5, 0.6) is 0 Å². The third kappa shape index (κ3) is 3.03. The standard InChI is InChI=1S/C15H14FN3O3/c1-3-7-19-14(21)12(13(20)18-15(19)22)9(2)17-11-6-4-5-10(16)8-11/h3-6,8,12,17H,1-2,7H2,(H,18,20,22)/t12-/m0/s1. The number of urea groups is 1. The van der Waals surface area contributed by atoms with Crippen molar-refractivity contribution < 1.29 is 18.8 Å². The van der Waals surface area contributed by atoms with Gasteiger partial charge in [-0.15, -0.1) is 6.58 Å². The minimum atomic E-state index is -1.28. The number of barbiturate groups is 1. The largest absolute Gasteiger partial charge is 0.358 e. The van der Waals surface area contributed by atoms with Gasteiger partial charge < -0.3 is 5.32 Å². The Kier molecular flexibility index (Phi) is 4.36. The van der Waals surface area contributed by atoms with E-state index in [1.807, 2.05) is 0 Å². The van der Waals surface area contributed by atoms with Crippen LogP contribution < -0.4 is 10.6 Å². The number of carbonyl (C=O) groups excluding carboxylic acids is 3. The Morgan fingerprint density at radius 2 is 2.14 bits per heavy atom. The lowest BCUT2D eigenvalue weighted by atomic mass is 10.0. The van der Waals surface area contributed by atoms with Crippen LogP contribution in [-0.4, -0.2) is 29.3 Å². The molecule has 0 aliphatic carbocycles. The third-order valence-corrected chi connectivity index (χ3v) is 3.04. The molecule has 6 nitrogen and oxygen atoms in total. The van der Waals surface area contributed by atoms with Gasteiger partial charge in [-0.3, -0.25) is 19.8 Å². The monoisotopic (exact) mass is 303 g/mol. The summed E-state index contributed by atoms with van der Waals surface area (Å²) < 4.78 is 13.1. The van der Waals surface area contributed by atoms with Crippen LogP contribution in [0.25, 0.3) is 0 Å². The fourth-order valence-electron chi connectivity index (χ4n) is 2.05. The third-order valence-electron chi connectivity index (χ3n) is 3.04. The summed E-state index contributed by atoms with van der Waals surface area (Å²) in [5.74, 6) is -3.23. The van der Waals surface area contributed by atoms with Crippen molar-refractivity contribution >= 4 is 23.5 Å². The Balaban J connectivity index is 2.20. The minimum absolute atomic E-state index is 0.0261. The molecule has 1 atom stereocenters. The first kappa shape index (κ1) is 15.4. The lowest BCUT2D eigenvalue weighted by molar-refractivity contribution is -0.140. The van der Waals surface area contributed by atoms with Gasteiger partial charge in [0.25, 0.3) is 0 Å². The van der Waals surface area contributed by atoms with E-state index >= 15 is 0 Å². The molecule has 22 heavy (non-hydrogen) atoms. The first-order chi connectivity index (χ1) is 10.4. The minimum Gasteiger partial charge on any atom is -0.358 e. The van der Waals surface area contributed by atoms with Crippen LogP contribution in [-0.2, 0) is 9.59 Å². The fourth-order valence-corrected chi connectivity index (χ4v) is 2.05. The van der Waals surface area contributed by atoms with Gasteiger partial charge in [0.2, 0.25) is 11.8 Å². The van der Waals surface area contributed by atoms with Gasteiger partial charge in [0, 0.05) is 17.9 Å². The molecule has 0 saturated carbocycles. The second-order valence-corrected chi connectivity index (χ2v) is 4.63. The second kappa shape index (κ2) is 6.21. The molecule has 2 rings (SSSR count). The zero-order valence-electron chi connectivity index (χ0n) is 11.6. The van der Waals surface area contributed by atoms with Crippen molar-refractivity contribution in [1.29, 1.82) is 0 Å². The number of hydrogen-bond acceptors (Lipinski definition) is 4. The van der Waals surface area contributed by atoms with E-state index < -0.39 is 29.6 Å². The molecule has 0 unspecified atom stereocenters. The molecule has 1 aromatic rings. The topological polar surface area (TPSA) is 78.5 Å². The number of benzene rings is 1. The summed E-state index contributed by atoms with van der Waals surface area (Å²) in [6.45, 7) is 7.07. The van der Waals surface area contributed by atoms with Crippen molar-refractivity contribution in [3.05, 3.63) is 55.0 Å². The predicted octanol–water partition coefficient (Wildman–Crippen LogP) is 1.63. The number of hydrogen-bond donors (Lipinski definition) is 2. The van der Waals surface area contributed by atoms with Crippen LogP contribution in [0.3, 0.4) is 0 Å². The first-order valence-corrected chi connectivity index (χ1v) is 6.42. The Morgan fingerprint density at radius 1 is 1.41 bits per heavy atom. The number of rotatable bonds is 5. The van der Waals surface area contributed by atoms with E-state index in [0.29, 0.717) is 5.69 Å². The summed E-state index contributed by atoms with van der Waals surface area (Å²) in [6.07, 6.45) is 1.37. The maximum atomic E-state index is 13.1. The maximum Gasteiger partial charge on any atom is 0.331 e. The Labute approximate surface area is 126 Å². The van der Waals surface area contributed by atoms with E-state index in [0.717, 1.165) is 4.90 Å². The summed E-state index contributed by atoms with van der Waals surface area (Å²) in [5.41, 5.74) is 0.396. The lowest BCUT2D eigenvalue weighted by Crippen LogP contribution is -2.58. The number of carbonyl (C=O) groups is 3. The van der Waals surface area contributed by atoms with Crippen LogP contribution in [0.4, 0.5) is 14.9 Å². The number of imide groups is 2. The molecule has 1 saturated heterocycles. The molecule has 1 fully saturated rings. The first-order valence-electron chi connectivity index (χ1n) is 6.42. The van der Waals surface area contributed by atoms with Crippen molar-refractivity contribution in [2.24, 2.45) is 5.92 Å². The van der Waals surface area contributed by atoms with Gasteiger partial charge in [0.15, 0.2) is 5.92 Å². The van der Waals surface area contributed by atoms with Gasteiger partial charge in [-0.25, -0.2) is 9.18 Å². The average Bonchev–Trinajstić information content (AvgIpc) is 2.43. The molecule has 2 N–H and O–H groups in total. The fraction of sp³-hybridized carbons (Fsp3) is 0.133. The highest BCUT2D eigenvalue weighted by Gasteiger charge is 2.41. The Morgan fingerprint density at radius 3 is 2.77 bits per heavy atom. The molecular formula is C15H14FN3O3.